The van der Waals surface area contributed by atoms with Crippen molar-refractivity contribution in [2.45, 2.75) is 26.2 Å². The maximum atomic E-state index is 5.13. The fourth-order valence-corrected chi connectivity index (χ4v) is 1.40. The van der Waals surface area contributed by atoms with Crippen molar-refractivity contribution in [3.63, 3.8) is 0 Å². The first kappa shape index (κ1) is 13.1. The van der Waals surface area contributed by atoms with Crippen LogP contribution in [0.3, 0.4) is 0 Å². The van der Waals surface area contributed by atoms with E-state index in [0.717, 1.165) is 18.2 Å². The molecule has 0 atom stereocenters. The molecule has 0 aliphatic carbocycles. The summed E-state index contributed by atoms with van der Waals surface area (Å²) in [6.07, 6.45) is 0. The molecule has 1 rings (SSSR count). The number of aromatic amines is 1. The highest BCUT2D eigenvalue weighted by Gasteiger charge is 2.16. The average molecular weight is 241 g/mol. The van der Waals surface area contributed by atoms with E-state index in [2.05, 4.69) is 36.1 Å². The summed E-state index contributed by atoms with van der Waals surface area (Å²) in [5, 5.41) is 3.21. The highest BCUT2D eigenvalue weighted by Crippen LogP contribution is 2.19. The van der Waals surface area contributed by atoms with E-state index in [-0.39, 0.29) is 5.41 Å². The second-order valence-electron chi connectivity index (χ2n) is 4.65. The highest BCUT2D eigenvalue weighted by atomic mass is 32.1. The van der Waals surface area contributed by atoms with E-state index in [1.807, 2.05) is 6.07 Å². The van der Waals surface area contributed by atoms with Crippen LogP contribution < -0.4 is 5.32 Å². The van der Waals surface area contributed by atoms with Crippen LogP contribution in [-0.2, 0) is 10.2 Å². The number of methoxy groups -OCH3 is 1. The number of nitrogens with zero attached hydrogens (tertiary/aromatic N) is 1. The van der Waals surface area contributed by atoms with Gasteiger partial charge < -0.3 is 15.0 Å². The summed E-state index contributed by atoms with van der Waals surface area (Å²) in [7, 11) is 1.68. The minimum absolute atomic E-state index is 0.0352. The molecule has 2 N–H and O–H groups in total. The molecule has 1 aromatic heterocycles. The molecule has 0 aliphatic rings. The Bertz CT molecular complexity index is 395. The van der Waals surface area contributed by atoms with Crippen molar-refractivity contribution in [2.75, 3.05) is 25.6 Å². The number of hydrogen-bond acceptors (Lipinski definition) is 4. The molecule has 4 nitrogen and oxygen atoms in total. The number of hydrogen-bond donors (Lipinski definition) is 2. The average Bonchev–Trinajstić information content (AvgIpc) is 2.16. The molecule has 0 aliphatic heterocycles. The fraction of sp³-hybridized carbons (Fsp3) is 0.636. The summed E-state index contributed by atoms with van der Waals surface area (Å²) in [5.74, 6) is 1.78. The van der Waals surface area contributed by atoms with Gasteiger partial charge in [-0.05, 0) is 0 Å². The van der Waals surface area contributed by atoms with Gasteiger partial charge in [0.05, 0.1) is 6.61 Å². The van der Waals surface area contributed by atoms with Crippen molar-refractivity contribution in [3.05, 3.63) is 16.5 Å². The monoisotopic (exact) mass is 241 g/mol. The zero-order chi connectivity index (χ0) is 12.2. The Hall–Kier alpha value is -0.940. The van der Waals surface area contributed by atoms with Crippen molar-refractivity contribution >= 4 is 18.0 Å². The lowest BCUT2D eigenvalue weighted by molar-refractivity contribution is 0.210. The van der Waals surface area contributed by atoms with Crippen LogP contribution in [0.1, 0.15) is 26.6 Å². The van der Waals surface area contributed by atoms with E-state index in [1.165, 1.54) is 0 Å². The molecule has 16 heavy (non-hydrogen) atoms. The predicted molar refractivity (Wildman–Crippen MR) is 68.5 cm³/mol. The molecule has 0 aromatic carbocycles. The van der Waals surface area contributed by atoms with Gasteiger partial charge in [0, 0.05) is 25.1 Å². The molecular formula is C11H19N3OS. The third-order valence-electron chi connectivity index (χ3n) is 2.07. The summed E-state index contributed by atoms with van der Waals surface area (Å²) >= 11 is 5.13. The van der Waals surface area contributed by atoms with Crippen molar-refractivity contribution in [3.8, 4) is 0 Å². The summed E-state index contributed by atoms with van der Waals surface area (Å²) in [4.78, 5) is 7.56. The second-order valence-corrected chi connectivity index (χ2v) is 5.07. The Labute approximate surface area is 101 Å². The van der Waals surface area contributed by atoms with E-state index < -0.39 is 0 Å². The first-order valence-electron chi connectivity index (χ1n) is 5.28. The first-order valence-corrected chi connectivity index (χ1v) is 5.69. The topological polar surface area (TPSA) is 49.9 Å². The largest absolute Gasteiger partial charge is 0.383 e. The smallest absolute Gasteiger partial charge is 0.131 e. The zero-order valence-corrected chi connectivity index (χ0v) is 11.1. The van der Waals surface area contributed by atoms with Crippen LogP contribution in [0.15, 0.2) is 6.07 Å². The van der Waals surface area contributed by atoms with Gasteiger partial charge in [-0.15, -0.1) is 0 Å². The lowest BCUT2D eigenvalue weighted by Crippen LogP contribution is -2.18. The minimum atomic E-state index is -0.0352. The maximum absolute atomic E-state index is 5.13. The van der Waals surface area contributed by atoms with Crippen molar-refractivity contribution in [2.24, 2.45) is 0 Å². The van der Waals surface area contributed by atoms with E-state index in [1.54, 1.807) is 7.11 Å². The predicted octanol–water partition coefficient (Wildman–Crippen LogP) is 2.49. The van der Waals surface area contributed by atoms with Gasteiger partial charge in [0.2, 0.25) is 0 Å². The molecule has 0 bridgehead atoms. The van der Waals surface area contributed by atoms with E-state index in [4.69, 9.17) is 17.0 Å². The Morgan fingerprint density at radius 1 is 1.50 bits per heavy atom. The fourth-order valence-electron chi connectivity index (χ4n) is 1.20. The Balaban J connectivity index is 2.86. The standard InChI is InChI=1S/C11H19N3OS/c1-11(2,3)10-13-8(7-9(16)14-10)12-5-6-15-4/h7H,5-6H2,1-4H3,(H2,12,13,14,16). The number of rotatable bonds is 4. The Kier molecular flexibility index (Phi) is 4.44. The van der Waals surface area contributed by atoms with Crippen LogP contribution >= 0.6 is 12.2 Å². The molecular weight excluding hydrogens is 222 g/mol. The molecule has 0 unspecified atom stereocenters. The first-order chi connectivity index (χ1) is 7.43. The van der Waals surface area contributed by atoms with Gasteiger partial charge in [-0.3, -0.25) is 0 Å². The molecule has 0 saturated carbocycles. The summed E-state index contributed by atoms with van der Waals surface area (Å²) in [6.45, 7) is 7.70. The second kappa shape index (κ2) is 5.41. The number of ether oxygens (including phenoxy) is 1. The van der Waals surface area contributed by atoms with Gasteiger partial charge in [-0.1, -0.05) is 33.0 Å². The van der Waals surface area contributed by atoms with E-state index in [0.29, 0.717) is 11.2 Å². The maximum Gasteiger partial charge on any atom is 0.131 e. The number of nitrogens with one attached hydrogen (secondary N) is 2. The van der Waals surface area contributed by atoms with Gasteiger partial charge in [0.15, 0.2) is 0 Å². The van der Waals surface area contributed by atoms with Crippen molar-refractivity contribution < 1.29 is 4.74 Å². The van der Waals surface area contributed by atoms with Gasteiger partial charge in [0.25, 0.3) is 0 Å². The molecule has 5 heteroatoms. The molecule has 0 saturated heterocycles. The van der Waals surface area contributed by atoms with Crippen LogP contribution in [0.5, 0.6) is 0 Å². The molecule has 90 valence electrons. The number of H-pyrrole nitrogens is 1. The molecule has 0 amide bonds. The summed E-state index contributed by atoms with van der Waals surface area (Å²) < 4.78 is 5.57. The SMILES string of the molecule is COCCNc1cc(=S)nc(C(C)(C)C)[nH]1. The van der Waals surface area contributed by atoms with Crippen LogP contribution in [0.25, 0.3) is 0 Å². The molecule has 1 heterocycles. The van der Waals surface area contributed by atoms with Crippen LogP contribution in [0.4, 0.5) is 5.82 Å². The Morgan fingerprint density at radius 3 is 2.75 bits per heavy atom. The van der Waals surface area contributed by atoms with Crippen LogP contribution in [-0.4, -0.2) is 30.2 Å². The summed E-state index contributed by atoms with van der Waals surface area (Å²) in [6, 6.07) is 1.82. The van der Waals surface area contributed by atoms with Crippen LogP contribution in [0.2, 0.25) is 0 Å². The van der Waals surface area contributed by atoms with Gasteiger partial charge in [-0.2, -0.15) is 0 Å². The van der Waals surface area contributed by atoms with Crippen molar-refractivity contribution in [1.29, 1.82) is 0 Å². The Morgan fingerprint density at radius 2 is 2.19 bits per heavy atom. The highest BCUT2D eigenvalue weighted by molar-refractivity contribution is 7.71. The zero-order valence-electron chi connectivity index (χ0n) is 10.3. The third-order valence-corrected chi connectivity index (χ3v) is 2.28. The third kappa shape index (κ3) is 3.90. The normalized spacial score (nSPS) is 11.5. The van der Waals surface area contributed by atoms with Crippen molar-refractivity contribution in [1.82, 2.24) is 9.97 Å². The molecule has 0 radical (unpaired) electrons. The number of anilines is 1. The van der Waals surface area contributed by atoms with Gasteiger partial charge >= 0.3 is 0 Å². The van der Waals surface area contributed by atoms with E-state index >= 15 is 0 Å². The molecule has 0 fully saturated rings. The van der Waals surface area contributed by atoms with Gasteiger partial charge in [-0.25, -0.2) is 4.98 Å². The lowest BCUT2D eigenvalue weighted by Gasteiger charge is -2.18. The quantitative estimate of drug-likeness (QED) is 0.628. The summed E-state index contributed by atoms with van der Waals surface area (Å²) in [5.41, 5.74) is -0.0352. The van der Waals surface area contributed by atoms with E-state index in [9.17, 15) is 0 Å². The number of aromatic nitrogens is 2. The van der Waals surface area contributed by atoms with Crippen LogP contribution in [0, 0.1) is 4.64 Å². The minimum Gasteiger partial charge on any atom is -0.383 e. The molecule has 0 spiro atoms. The van der Waals surface area contributed by atoms with Gasteiger partial charge in [0.1, 0.15) is 16.3 Å². The lowest BCUT2D eigenvalue weighted by atomic mass is 9.96. The molecule has 1 aromatic rings.